The van der Waals surface area contributed by atoms with Gasteiger partial charge in [0, 0.05) is 31.6 Å². The van der Waals surface area contributed by atoms with E-state index in [0.29, 0.717) is 6.54 Å². The summed E-state index contributed by atoms with van der Waals surface area (Å²) >= 11 is 0. The Morgan fingerprint density at radius 2 is 1.43 bits per heavy atom. The zero-order valence-corrected chi connectivity index (χ0v) is 25.3. The molecule has 0 saturated carbocycles. The highest BCUT2D eigenvalue weighted by Crippen LogP contribution is 2.27. The van der Waals surface area contributed by atoms with Crippen LogP contribution in [0, 0.1) is 17.0 Å². The number of hydrogen-bond acceptors (Lipinski definition) is 6. The van der Waals surface area contributed by atoms with Crippen molar-refractivity contribution < 1.29 is 22.9 Å². The van der Waals surface area contributed by atoms with Crippen molar-refractivity contribution in [2.75, 3.05) is 17.4 Å². The Hall–Kier alpha value is -5.03. The van der Waals surface area contributed by atoms with Crippen LogP contribution in [0.3, 0.4) is 0 Å². The third-order valence-corrected chi connectivity index (χ3v) is 8.84. The second kappa shape index (κ2) is 14.4. The van der Waals surface area contributed by atoms with E-state index in [2.05, 4.69) is 5.32 Å². The number of nitrogens with one attached hydrogen (secondary N) is 1. The Bertz CT molecular complexity index is 1680. The van der Waals surface area contributed by atoms with E-state index in [0.717, 1.165) is 21.0 Å². The van der Waals surface area contributed by atoms with Crippen LogP contribution < -0.4 is 9.62 Å². The molecular formula is C33H34N4O6S. The van der Waals surface area contributed by atoms with Crippen molar-refractivity contribution in [1.29, 1.82) is 0 Å². The Labute approximate surface area is 257 Å². The zero-order chi connectivity index (χ0) is 31.7. The summed E-state index contributed by atoms with van der Waals surface area (Å²) in [6.07, 6.45) is 0.202. The van der Waals surface area contributed by atoms with Gasteiger partial charge < -0.3 is 10.2 Å². The first-order valence-corrected chi connectivity index (χ1v) is 15.5. The molecule has 4 aromatic rings. The molecule has 0 aliphatic heterocycles. The van der Waals surface area contributed by atoms with E-state index in [-0.39, 0.29) is 35.1 Å². The molecule has 2 amide bonds. The fraction of sp³-hybridized carbons (Fsp3) is 0.212. The van der Waals surface area contributed by atoms with Crippen molar-refractivity contribution in [3.8, 4) is 0 Å². The smallest absolute Gasteiger partial charge is 0.269 e. The number of rotatable bonds is 13. The first-order valence-electron chi connectivity index (χ1n) is 14.1. The number of likely N-dealkylation sites (N-methyl/N-ethyl adjacent to an activating group) is 1. The number of sulfonamides is 1. The minimum absolute atomic E-state index is 0.0488. The summed E-state index contributed by atoms with van der Waals surface area (Å²) in [5.74, 6) is -0.986. The lowest BCUT2D eigenvalue weighted by Crippen LogP contribution is -2.53. The van der Waals surface area contributed by atoms with Gasteiger partial charge in [0.15, 0.2) is 0 Å². The highest BCUT2D eigenvalue weighted by molar-refractivity contribution is 7.92. The van der Waals surface area contributed by atoms with Gasteiger partial charge in [-0.05, 0) is 49.2 Å². The number of carbonyl (C=O) groups excluding carboxylic acids is 2. The standard InChI is InChI=1S/C33H34N4O6S/c1-3-34-33(39)31(22-26-10-6-4-7-11-26)35(23-27-16-14-25(2)15-17-27)32(38)24-36(28-18-20-29(21-19-28)37(40)41)44(42,43)30-12-8-5-9-13-30/h4-21,31H,3,22-24H2,1-2H3,(H,34,39)/t31-/m1/s1. The first-order chi connectivity index (χ1) is 21.1. The van der Waals surface area contributed by atoms with Crippen LogP contribution in [0.4, 0.5) is 11.4 Å². The van der Waals surface area contributed by atoms with Crippen molar-refractivity contribution in [3.63, 3.8) is 0 Å². The molecule has 0 aromatic heterocycles. The van der Waals surface area contributed by atoms with Gasteiger partial charge in [-0.15, -0.1) is 0 Å². The van der Waals surface area contributed by atoms with Gasteiger partial charge >= 0.3 is 0 Å². The van der Waals surface area contributed by atoms with Gasteiger partial charge in [-0.2, -0.15) is 0 Å². The fourth-order valence-electron chi connectivity index (χ4n) is 4.73. The molecule has 11 heteroatoms. The van der Waals surface area contributed by atoms with Crippen LogP contribution >= 0.6 is 0 Å². The second-order valence-corrected chi connectivity index (χ2v) is 12.1. The number of nitrogens with zero attached hydrogens (tertiary/aromatic N) is 3. The fourth-order valence-corrected chi connectivity index (χ4v) is 6.16. The normalized spacial score (nSPS) is 11.8. The predicted octanol–water partition coefficient (Wildman–Crippen LogP) is 4.87. The summed E-state index contributed by atoms with van der Waals surface area (Å²) in [5.41, 5.74) is 2.46. The number of nitro groups is 1. The van der Waals surface area contributed by atoms with Gasteiger partial charge in [0.25, 0.3) is 15.7 Å². The Morgan fingerprint density at radius 3 is 2.00 bits per heavy atom. The molecule has 0 bridgehead atoms. The molecule has 44 heavy (non-hydrogen) atoms. The molecule has 0 aliphatic rings. The molecule has 1 N–H and O–H groups in total. The number of nitro benzene ring substituents is 1. The van der Waals surface area contributed by atoms with Crippen molar-refractivity contribution in [1.82, 2.24) is 10.2 Å². The van der Waals surface area contributed by atoms with Crippen LogP contribution in [0.15, 0.2) is 114 Å². The minimum Gasteiger partial charge on any atom is -0.355 e. The van der Waals surface area contributed by atoms with Crippen LogP contribution in [-0.4, -0.2) is 49.2 Å². The van der Waals surface area contributed by atoms with Gasteiger partial charge in [-0.1, -0.05) is 78.4 Å². The molecule has 0 fully saturated rings. The minimum atomic E-state index is -4.29. The van der Waals surface area contributed by atoms with Gasteiger partial charge in [0.2, 0.25) is 11.8 Å². The van der Waals surface area contributed by atoms with Gasteiger partial charge in [0.05, 0.1) is 15.5 Å². The van der Waals surface area contributed by atoms with Crippen molar-refractivity contribution in [3.05, 3.63) is 136 Å². The Morgan fingerprint density at radius 1 is 0.841 bits per heavy atom. The van der Waals surface area contributed by atoms with E-state index in [1.165, 1.54) is 41.3 Å². The lowest BCUT2D eigenvalue weighted by Gasteiger charge is -2.33. The number of amides is 2. The lowest BCUT2D eigenvalue weighted by molar-refractivity contribution is -0.384. The van der Waals surface area contributed by atoms with Crippen LogP contribution in [-0.2, 0) is 32.6 Å². The molecule has 0 saturated heterocycles. The molecule has 0 heterocycles. The first kappa shape index (κ1) is 31.9. The number of anilines is 1. The molecule has 4 rings (SSSR count). The topological polar surface area (TPSA) is 130 Å². The van der Waals surface area contributed by atoms with Crippen molar-refractivity contribution >= 4 is 33.2 Å². The third-order valence-electron chi connectivity index (χ3n) is 7.05. The molecule has 0 spiro atoms. The summed E-state index contributed by atoms with van der Waals surface area (Å²) < 4.78 is 28.8. The van der Waals surface area contributed by atoms with Crippen LogP contribution in [0.1, 0.15) is 23.6 Å². The Kier molecular flexibility index (Phi) is 10.5. The third kappa shape index (κ3) is 7.87. The molecule has 4 aromatic carbocycles. The maximum Gasteiger partial charge on any atom is 0.269 e. The average Bonchev–Trinajstić information content (AvgIpc) is 3.03. The van der Waals surface area contributed by atoms with Crippen molar-refractivity contribution in [2.45, 2.75) is 37.8 Å². The van der Waals surface area contributed by atoms with E-state index in [4.69, 9.17) is 0 Å². The average molecular weight is 615 g/mol. The van der Waals surface area contributed by atoms with Gasteiger partial charge in [0.1, 0.15) is 12.6 Å². The molecule has 0 unspecified atom stereocenters. The summed E-state index contributed by atoms with van der Waals surface area (Å²) in [5, 5.41) is 14.1. The summed E-state index contributed by atoms with van der Waals surface area (Å²) in [7, 11) is -4.29. The largest absolute Gasteiger partial charge is 0.355 e. The zero-order valence-electron chi connectivity index (χ0n) is 24.5. The maximum atomic E-state index is 14.3. The summed E-state index contributed by atoms with van der Waals surface area (Å²) in [6, 6.07) is 28.4. The maximum absolute atomic E-state index is 14.3. The quantitative estimate of drug-likeness (QED) is 0.169. The van der Waals surface area contributed by atoms with Gasteiger partial charge in [-0.25, -0.2) is 8.42 Å². The van der Waals surface area contributed by atoms with Crippen LogP contribution in [0.2, 0.25) is 0 Å². The number of carbonyl (C=O) groups is 2. The lowest BCUT2D eigenvalue weighted by atomic mass is 10.0. The Balaban J connectivity index is 1.79. The molecule has 0 aliphatic carbocycles. The number of aryl methyl sites for hydroxylation is 1. The SMILES string of the molecule is CCNC(=O)[C@@H](Cc1ccccc1)N(Cc1ccc(C)cc1)C(=O)CN(c1ccc([N+](=O)[O-])cc1)S(=O)(=O)c1ccccc1. The number of benzene rings is 4. The highest BCUT2D eigenvalue weighted by Gasteiger charge is 2.34. The van der Waals surface area contributed by atoms with Gasteiger partial charge in [-0.3, -0.25) is 24.0 Å². The van der Waals surface area contributed by atoms with Crippen LogP contribution in [0.25, 0.3) is 0 Å². The number of non-ortho nitro benzene ring substituents is 1. The molecular weight excluding hydrogens is 580 g/mol. The monoisotopic (exact) mass is 614 g/mol. The number of hydrogen-bond donors (Lipinski definition) is 1. The van der Waals surface area contributed by atoms with Crippen molar-refractivity contribution in [2.24, 2.45) is 0 Å². The van der Waals surface area contributed by atoms with E-state index < -0.39 is 33.4 Å². The van der Waals surface area contributed by atoms with E-state index >= 15 is 0 Å². The van der Waals surface area contributed by atoms with E-state index in [1.807, 2.05) is 61.5 Å². The summed E-state index contributed by atoms with van der Waals surface area (Å²) in [4.78, 5) is 39.9. The summed E-state index contributed by atoms with van der Waals surface area (Å²) in [6.45, 7) is 3.47. The molecule has 228 valence electrons. The van der Waals surface area contributed by atoms with Crippen LogP contribution in [0.5, 0.6) is 0 Å². The second-order valence-electron chi connectivity index (χ2n) is 10.2. The predicted molar refractivity (Wildman–Crippen MR) is 168 cm³/mol. The molecule has 0 radical (unpaired) electrons. The molecule has 1 atom stereocenters. The highest BCUT2D eigenvalue weighted by atomic mass is 32.2. The van der Waals surface area contributed by atoms with E-state index in [1.54, 1.807) is 25.1 Å². The molecule has 10 nitrogen and oxygen atoms in total. The van der Waals surface area contributed by atoms with E-state index in [9.17, 15) is 28.1 Å².